The number of fused-ring (bicyclic) bond motifs is 1. The topological polar surface area (TPSA) is 71.3 Å². The van der Waals surface area contributed by atoms with Gasteiger partial charge in [0.2, 0.25) is 5.82 Å². The first kappa shape index (κ1) is 24.8. The molecule has 5 rings (SSSR count). The Labute approximate surface area is 212 Å². The monoisotopic (exact) mass is 511 g/mol. The summed E-state index contributed by atoms with van der Waals surface area (Å²) >= 11 is 0. The summed E-state index contributed by atoms with van der Waals surface area (Å²) in [5.74, 6) is -3.27. The van der Waals surface area contributed by atoms with Gasteiger partial charge in [-0.3, -0.25) is 0 Å². The molecule has 0 unspecified atom stereocenters. The van der Waals surface area contributed by atoms with Gasteiger partial charge in [-0.2, -0.15) is 9.37 Å². The van der Waals surface area contributed by atoms with Crippen molar-refractivity contribution in [3.8, 4) is 11.6 Å². The number of halogens is 3. The molecule has 0 bridgehead atoms. The molecule has 11 heteroatoms. The molecule has 1 fully saturated rings. The molecule has 0 saturated carbocycles. The zero-order chi connectivity index (χ0) is 26.3. The maximum Gasteiger partial charge on any atom is 0.261 e. The van der Waals surface area contributed by atoms with Crippen molar-refractivity contribution in [1.82, 2.24) is 24.4 Å². The number of ether oxygens (including phenoxy) is 1. The summed E-state index contributed by atoms with van der Waals surface area (Å²) in [7, 11) is 2.09. The second-order valence-electron chi connectivity index (χ2n) is 9.44. The van der Waals surface area contributed by atoms with Gasteiger partial charge in [-0.05, 0) is 46.0 Å². The molecule has 1 aliphatic rings. The summed E-state index contributed by atoms with van der Waals surface area (Å²) in [6, 6.07) is 6.00. The van der Waals surface area contributed by atoms with Crippen molar-refractivity contribution < 1.29 is 17.9 Å². The maximum atomic E-state index is 15.3. The van der Waals surface area contributed by atoms with E-state index in [4.69, 9.17) is 4.74 Å². The van der Waals surface area contributed by atoms with Crippen LogP contribution in [0.4, 0.5) is 30.5 Å². The van der Waals surface area contributed by atoms with E-state index in [1.807, 2.05) is 19.9 Å². The number of aryl methyl sites for hydroxylation is 1. The minimum absolute atomic E-state index is 0.0543. The Morgan fingerprint density at radius 3 is 2.41 bits per heavy atom. The quantitative estimate of drug-likeness (QED) is 0.371. The average molecular weight is 512 g/mol. The summed E-state index contributed by atoms with van der Waals surface area (Å²) in [4.78, 5) is 16.6. The number of pyridine rings is 1. The van der Waals surface area contributed by atoms with Gasteiger partial charge in [-0.1, -0.05) is 0 Å². The number of aromatic nitrogens is 4. The van der Waals surface area contributed by atoms with E-state index in [1.165, 1.54) is 0 Å². The first-order valence-electron chi connectivity index (χ1n) is 12.1. The Morgan fingerprint density at radius 2 is 1.73 bits per heavy atom. The van der Waals surface area contributed by atoms with E-state index in [0.29, 0.717) is 11.5 Å². The molecular formula is C26H28F3N7O. The molecule has 1 saturated heterocycles. The number of nitrogens with one attached hydrogen (secondary N) is 1. The van der Waals surface area contributed by atoms with Gasteiger partial charge in [-0.25, -0.2) is 18.7 Å². The lowest BCUT2D eigenvalue weighted by molar-refractivity contribution is 0.313. The molecule has 0 amide bonds. The number of hydrogen-bond acceptors (Lipinski definition) is 7. The van der Waals surface area contributed by atoms with Crippen LogP contribution in [-0.2, 0) is 0 Å². The third-order valence-corrected chi connectivity index (χ3v) is 6.51. The smallest absolute Gasteiger partial charge is 0.261 e. The van der Waals surface area contributed by atoms with Crippen LogP contribution in [0.5, 0.6) is 11.6 Å². The zero-order valence-corrected chi connectivity index (χ0v) is 21.1. The fourth-order valence-electron chi connectivity index (χ4n) is 4.63. The van der Waals surface area contributed by atoms with Crippen molar-refractivity contribution in [3.63, 3.8) is 0 Å². The van der Waals surface area contributed by atoms with Gasteiger partial charge in [-0.15, -0.1) is 0 Å². The van der Waals surface area contributed by atoms with Crippen LogP contribution in [0.15, 0.2) is 36.8 Å². The van der Waals surface area contributed by atoms with Crippen LogP contribution < -0.4 is 15.0 Å². The van der Waals surface area contributed by atoms with Gasteiger partial charge >= 0.3 is 0 Å². The average Bonchev–Trinajstić information content (AvgIpc) is 3.24. The maximum absolute atomic E-state index is 15.3. The van der Waals surface area contributed by atoms with E-state index in [2.05, 4.69) is 37.1 Å². The van der Waals surface area contributed by atoms with Crippen molar-refractivity contribution in [1.29, 1.82) is 0 Å². The highest BCUT2D eigenvalue weighted by atomic mass is 19.1. The van der Waals surface area contributed by atoms with Crippen LogP contribution in [-0.4, -0.2) is 57.6 Å². The van der Waals surface area contributed by atoms with Gasteiger partial charge in [0.1, 0.15) is 12.1 Å². The standard InChI is InChI=1S/C26H28F3N7O/c1-15(2)36-16(3)11-18-22(28)20(12-19(27)24(18)36)37-26-23(29)25(31-14-32-26)33-21-6-5-17(13-30-21)35-9-7-34(4)8-10-35/h5-6,11-15H,7-10H2,1-4H3,(H,30,31,32,33). The summed E-state index contributed by atoms with van der Waals surface area (Å²) in [6.07, 6.45) is 2.79. The van der Waals surface area contributed by atoms with Gasteiger partial charge in [0.15, 0.2) is 23.2 Å². The number of hydrogen-bond donors (Lipinski definition) is 1. The molecule has 4 heterocycles. The molecule has 0 atom stereocenters. The van der Waals surface area contributed by atoms with Gasteiger partial charge in [0, 0.05) is 49.4 Å². The van der Waals surface area contributed by atoms with Crippen molar-refractivity contribution in [2.45, 2.75) is 26.8 Å². The predicted molar refractivity (Wildman–Crippen MR) is 136 cm³/mol. The largest absolute Gasteiger partial charge is 0.433 e. The fourth-order valence-corrected chi connectivity index (χ4v) is 4.63. The summed E-state index contributed by atoms with van der Waals surface area (Å²) < 4.78 is 52.6. The number of nitrogens with zero attached hydrogens (tertiary/aromatic N) is 6. The minimum atomic E-state index is -0.955. The minimum Gasteiger partial charge on any atom is -0.433 e. The fraction of sp³-hybridized carbons (Fsp3) is 0.346. The highest BCUT2D eigenvalue weighted by molar-refractivity contribution is 5.84. The second kappa shape index (κ2) is 9.89. The van der Waals surface area contributed by atoms with Crippen molar-refractivity contribution in [3.05, 3.63) is 59.9 Å². The molecule has 0 aliphatic carbocycles. The van der Waals surface area contributed by atoms with Crippen LogP contribution >= 0.6 is 0 Å². The Kier molecular flexibility index (Phi) is 6.63. The first-order chi connectivity index (χ1) is 17.7. The lowest BCUT2D eigenvalue weighted by atomic mass is 10.2. The van der Waals surface area contributed by atoms with Crippen LogP contribution in [0.25, 0.3) is 10.9 Å². The summed E-state index contributed by atoms with van der Waals surface area (Å²) in [5.41, 5.74) is 1.81. The van der Waals surface area contributed by atoms with Crippen LogP contribution in [0, 0.1) is 24.4 Å². The number of piperazine rings is 1. The van der Waals surface area contributed by atoms with Gasteiger partial charge in [0.05, 0.1) is 17.4 Å². The van der Waals surface area contributed by atoms with E-state index in [9.17, 15) is 4.39 Å². The Morgan fingerprint density at radius 1 is 0.973 bits per heavy atom. The molecule has 0 spiro atoms. The Balaban J connectivity index is 1.38. The van der Waals surface area contributed by atoms with Gasteiger partial charge < -0.3 is 24.4 Å². The van der Waals surface area contributed by atoms with Crippen molar-refractivity contribution in [2.24, 2.45) is 0 Å². The van der Waals surface area contributed by atoms with Crippen molar-refractivity contribution >= 4 is 28.2 Å². The molecule has 194 valence electrons. The van der Waals surface area contributed by atoms with Crippen molar-refractivity contribution in [2.75, 3.05) is 43.4 Å². The molecule has 1 N–H and O–H groups in total. The number of likely N-dealkylation sites (N-methyl/N-ethyl adjacent to an activating group) is 1. The van der Waals surface area contributed by atoms with E-state index in [-0.39, 0.29) is 22.8 Å². The first-order valence-corrected chi connectivity index (χ1v) is 12.1. The highest BCUT2D eigenvalue weighted by Crippen LogP contribution is 2.36. The third kappa shape index (κ3) is 4.78. The van der Waals surface area contributed by atoms with E-state index < -0.39 is 29.1 Å². The molecule has 37 heavy (non-hydrogen) atoms. The Hall–Kier alpha value is -3.86. The molecule has 4 aromatic rings. The molecule has 0 radical (unpaired) electrons. The zero-order valence-electron chi connectivity index (χ0n) is 21.1. The SMILES string of the molecule is Cc1cc2c(F)c(Oc3ncnc(Nc4ccc(N5CCN(C)CC5)cn4)c3F)cc(F)c2n1C(C)C. The molecule has 3 aromatic heterocycles. The number of rotatable bonds is 6. The number of anilines is 3. The molecule has 1 aliphatic heterocycles. The molecule has 1 aromatic carbocycles. The predicted octanol–water partition coefficient (Wildman–Crippen LogP) is 5.42. The third-order valence-electron chi connectivity index (χ3n) is 6.51. The molecular weight excluding hydrogens is 483 g/mol. The highest BCUT2D eigenvalue weighted by Gasteiger charge is 2.23. The van der Waals surface area contributed by atoms with Crippen LogP contribution in [0.2, 0.25) is 0 Å². The molecule has 8 nitrogen and oxygen atoms in total. The summed E-state index contributed by atoms with van der Waals surface area (Å²) in [5, 5.41) is 2.85. The lowest BCUT2D eigenvalue weighted by Crippen LogP contribution is -2.44. The Bertz CT molecular complexity index is 1430. The van der Waals surface area contributed by atoms with E-state index >= 15 is 8.78 Å². The van der Waals surface area contributed by atoms with E-state index in [1.54, 1.807) is 29.8 Å². The summed E-state index contributed by atoms with van der Waals surface area (Å²) in [6.45, 7) is 9.27. The lowest BCUT2D eigenvalue weighted by Gasteiger charge is -2.33. The van der Waals surface area contributed by atoms with E-state index in [0.717, 1.165) is 44.3 Å². The van der Waals surface area contributed by atoms with Gasteiger partial charge in [0.25, 0.3) is 5.88 Å². The normalized spacial score (nSPS) is 14.5. The number of benzene rings is 1. The van der Waals surface area contributed by atoms with Crippen LogP contribution in [0.3, 0.4) is 0 Å². The van der Waals surface area contributed by atoms with Crippen LogP contribution in [0.1, 0.15) is 25.6 Å². The second-order valence-corrected chi connectivity index (χ2v) is 9.44.